The van der Waals surface area contributed by atoms with E-state index >= 15 is 0 Å². The fourth-order valence-corrected chi connectivity index (χ4v) is 4.38. The van der Waals surface area contributed by atoms with E-state index in [9.17, 15) is 18.8 Å². The highest BCUT2D eigenvalue weighted by atomic mass is 32.1. The zero-order valence-corrected chi connectivity index (χ0v) is 15.7. The van der Waals surface area contributed by atoms with Gasteiger partial charge in [-0.3, -0.25) is 25.2 Å². The van der Waals surface area contributed by atoms with Gasteiger partial charge in [-0.25, -0.2) is 4.39 Å². The molecule has 1 aliphatic carbocycles. The molecule has 3 amide bonds. The van der Waals surface area contributed by atoms with Gasteiger partial charge in [0, 0.05) is 11.8 Å². The number of anilines is 1. The van der Waals surface area contributed by atoms with Gasteiger partial charge in [0.25, 0.3) is 11.8 Å². The van der Waals surface area contributed by atoms with Gasteiger partial charge in [-0.2, -0.15) is 0 Å². The van der Waals surface area contributed by atoms with Gasteiger partial charge in [0.2, 0.25) is 5.91 Å². The van der Waals surface area contributed by atoms with Crippen LogP contribution in [0.25, 0.3) is 0 Å². The van der Waals surface area contributed by atoms with E-state index in [4.69, 9.17) is 0 Å². The van der Waals surface area contributed by atoms with Crippen molar-refractivity contribution in [3.8, 4) is 0 Å². The number of halogens is 1. The van der Waals surface area contributed by atoms with E-state index in [2.05, 4.69) is 16.2 Å². The highest BCUT2D eigenvalue weighted by Gasteiger charge is 2.26. The summed E-state index contributed by atoms with van der Waals surface area (Å²) in [5.41, 5.74) is 5.78. The van der Waals surface area contributed by atoms with Crippen LogP contribution in [0, 0.1) is 5.82 Å². The van der Waals surface area contributed by atoms with Crippen LogP contribution in [0.15, 0.2) is 24.3 Å². The fraction of sp³-hybridized carbons (Fsp3) is 0.316. The van der Waals surface area contributed by atoms with Crippen LogP contribution in [0.4, 0.5) is 9.39 Å². The summed E-state index contributed by atoms with van der Waals surface area (Å²) in [4.78, 5) is 37.3. The second kappa shape index (κ2) is 8.30. The van der Waals surface area contributed by atoms with Crippen LogP contribution in [0.2, 0.25) is 0 Å². The van der Waals surface area contributed by atoms with Crippen molar-refractivity contribution in [2.45, 2.75) is 39.0 Å². The zero-order chi connectivity index (χ0) is 19.4. The summed E-state index contributed by atoms with van der Waals surface area (Å²) in [6.45, 7) is 1.29. The lowest BCUT2D eigenvalue weighted by atomic mass is 10.0. The van der Waals surface area contributed by atoms with Gasteiger partial charge in [-0.1, -0.05) is 18.6 Å². The van der Waals surface area contributed by atoms with Crippen LogP contribution >= 0.6 is 11.3 Å². The Balaban J connectivity index is 1.94. The second-order valence-electron chi connectivity index (χ2n) is 6.34. The van der Waals surface area contributed by atoms with Crippen LogP contribution in [-0.4, -0.2) is 17.7 Å². The van der Waals surface area contributed by atoms with Crippen LogP contribution < -0.4 is 16.2 Å². The second-order valence-corrected chi connectivity index (χ2v) is 7.44. The Morgan fingerprint density at radius 3 is 2.48 bits per heavy atom. The molecule has 3 N–H and O–H groups in total. The smallest absolute Gasteiger partial charge is 0.272 e. The number of aryl methyl sites for hydroxylation is 1. The standard InChI is InChI=1S/C19H20FN3O3S/c1-11(24)22-23-18(26)16-13-8-3-2-4-10-15(13)27-19(16)21-17(25)12-7-5-6-9-14(12)20/h5-7,9H,2-4,8,10H2,1H3,(H,21,25)(H,22,24)(H,23,26). The Morgan fingerprint density at radius 1 is 1.00 bits per heavy atom. The summed E-state index contributed by atoms with van der Waals surface area (Å²) in [7, 11) is 0. The molecule has 1 heterocycles. The van der Waals surface area contributed by atoms with Crippen molar-refractivity contribution in [1.82, 2.24) is 10.9 Å². The molecule has 2 aromatic rings. The Bertz CT molecular complexity index is 894. The number of thiophene rings is 1. The number of benzene rings is 1. The van der Waals surface area contributed by atoms with Crippen LogP contribution in [0.3, 0.4) is 0 Å². The van der Waals surface area contributed by atoms with E-state index in [1.165, 1.54) is 36.5 Å². The first-order chi connectivity index (χ1) is 13.0. The summed E-state index contributed by atoms with van der Waals surface area (Å²) >= 11 is 1.34. The van der Waals surface area contributed by atoms with Gasteiger partial charge < -0.3 is 5.32 Å². The number of rotatable bonds is 3. The third kappa shape index (κ3) is 4.33. The van der Waals surface area contributed by atoms with Crippen LogP contribution in [-0.2, 0) is 17.6 Å². The molecule has 8 heteroatoms. The molecule has 1 aromatic carbocycles. The summed E-state index contributed by atoms with van der Waals surface area (Å²) in [5, 5.41) is 3.05. The SMILES string of the molecule is CC(=O)NNC(=O)c1c(NC(=O)c2ccccc2F)sc2c1CCCCC2. The summed E-state index contributed by atoms with van der Waals surface area (Å²) in [6, 6.07) is 5.68. The molecule has 0 spiro atoms. The lowest BCUT2D eigenvalue weighted by Crippen LogP contribution is -2.40. The van der Waals surface area contributed by atoms with Gasteiger partial charge in [0.05, 0.1) is 11.1 Å². The molecular formula is C19H20FN3O3S. The average molecular weight is 389 g/mol. The summed E-state index contributed by atoms with van der Waals surface area (Å²) < 4.78 is 13.9. The summed E-state index contributed by atoms with van der Waals surface area (Å²) in [6.07, 6.45) is 4.59. The van der Waals surface area contributed by atoms with Crippen molar-refractivity contribution in [3.63, 3.8) is 0 Å². The molecule has 0 fully saturated rings. The van der Waals surface area contributed by atoms with Crippen LogP contribution in [0.1, 0.15) is 57.3 Å². The number of nitrogens with one attached hydrogen (secondary N) is 3. The number of hydrazine groups is 1. The third-order valence-corrected chi connectivity index (χ3v) is 5.55. The molecule has 0 saturated carbocycles. The molecule has 0 bridgehead atoms. The number of hydrogen-bond acceptors (Lipinski definition) is 4. The van der Waals surface area contributed by atoms with Crippen LogP contribution in [0.5, 0.6) is 0 Å². The quantitative estimate of drug-likeness (QED) is 0.557. The average Bonchev–Trinajstić information content (AvgIpc) is 2.81. The minimum Gasteiger partial charge on any atom is -0.313 e. The first kappa shape index (κ1) is 19.0. The number of fused-ring (bicyclic) bond motifs is 1. The normalized spacial score (nSPS) is 13.3. The topological polar surface area (TPSA) is 87.3 Å². The van der Waals surface area contributed by atoms with E-state index in [1.54, 1.807) is 6.07 Å². The molecule has 6 nitrogen and oxygen atoms in total. The summed E-state index contributed by atoms with van der Waals surface area (Å²) in [5.74, 6) is -2.13. The Hall–Kier alpha value is -2.74. The van der Waals surface area contributed by atoms with Crippen molar-refractivity contribution in [3.05, 3.63) is 51.7 Å². The fourth-order valence-electron chi connectivity index (χ4n) is 3.09. The lowest BCUT2D eigenvalue weighted by molar-refractivity contribution is -0.119. The Labute approximate surface area is 160 Å². The molecule has 27 heavy (non-hydrogen) atoms. The largest absolute Gasteiger partial charge is 0.313 e. The highest BCUT2D eigenvalue weighted by Crippen LogP contribution is 2.37. The highest BCUT2D eigenvalue weighted by molar-refractivity contribution is 7.17. The maximum Gasteiger partial charge on any atom is 0.272 e. The first-order valence-electron chi connectivity index (χ1n) is 8.74. The minimum atomic E-state index is -0.627. The van der Waals surface area contributed by atoms with Crippen molar-refractivity contribution >= 4 is 34.1 Å². The van der Waals surface area contributed by atoms with Gasteiger partial charge in [0.1, 0.15) is 10.8 Å². The Kier molecular flexibility index (Phi) is 5.85. The van der Waals surface area contributed by atoms with Gasteiger partial charge in [-0.15, -0.1) is 11.3 Å². The maximum absolute atomic E-state index is 13.9. The van der Waals surface area contributed by atoms with E-state index in [-0.39, 0.29) is 5.56 Å². The molecule has 0 atom stereocenters. The predicted molar refractivity (Wildman–Crippen MR) is 101 cm³/mol. The number of amides is 3. The van der Waals surface area contributed by atoms with Crippen molar-refractivity contribution in [2.75, 3.05) is 5.32 Å². The maximum atomic E-state index is 13.9. The van der Waals surface area contributed by atoms with Gasteiger partial charge in [-0.05, 0) is 43.4 Å². The molecule has 0 unspecified atom stereocenters. The molecule has 0 saturated heterocycles. The lowest BCUT2D eigenvalue weighted by Gasteiger charge is -2.10. The first-order valence-corrected chi connectivity index (χ1v) is 9.56. The van der Waals surface area contributed by atoms with Crippen molar-refractivity contribution < 1.29 is 18.8 Å². The zero-order valence-electron chi connectivity index (χ0n) is 14.9. The van der Waals surface area contributed by atoms with Gasteiger partial charge >= 0.3 is 0 Å². The van der Waals surface area contributed by atoms with E-state index in [1.807, 2.05) is 0 Å². The van der Waals surface area contributed by atoms with E-state index in [0.717, 1.165) is 42.5 Å². The molecule has 0 radical (unpaired) electrons. The molecule has 1 aliphatic rings. The minimum absolute atomic E-state index is 0.0886. The van der Waals surface area contributed by atoms with E-state index in [0.29, 0.717) is 10.6 Å². The monoisotopic (exact) mass is 389 g/mol. The molecule has 1 aromatic heterocycles. The van der Waals surface area contributed by atoms with E-state index < -0.39 is 23.5 Å². The molecule has 3 rings (SSSR count). The van der Waals surface area contributed by atoms with Crippen molar-refractivity contribution in [2.24, 2.45) is 0 Å². The predicted octanol–water partition coefficient (Wildman–Crippen LogP) is 3.19. The number of carbonyl (C=O) groups excluding carboxylic acids is 3. The molecular weight excluding hydrogens is 369 g/mol. The molecule has 142 valence electrons. The van der Waals surface area contributed by atoms with Crippen molar-refractivity contribution in [1.29, 1.82) is 0 Å². The molecule has 0 aliphatic heterocycles. The van der Waals surface area contributed by atoms with Gasteiger partial charge in [0.15, 0.2) is 0 Å². The third-order valence-electron chi connectivity index (χ3n) is 4.35. The number of carbonyl (C=O) groups is 3. The number of hydrogen-bond donors (Lipinski definition) is 3. The Morgan fingerprint density at radius 2 is 1.74 bits per heavy atom.